The molecule has 0 bridgehead atoms. The summed E-state index contributed by atoms with van der Waals surface area (Å²) < 4.78 is 10.8. The maximum atomic E-state index is 11.1. The molecule has 0 amide bonds. The molecule has 5 nitrogen and oxygen atoms in total. The fourth-order valence-corrected chi connectivity index (χ4v) is 1.66. The average Bonchev–Trinajstić information content (AvgIpc) is 2.95. The van der Waals surface area contributed by atoms with Crippen LogP contribution in [-0.4, -0.2) is 16.1 Å². The van der Waals surface area contributed by atoms with Crippen molar-refractivity contribution in [3.63, 3.8) is 0 Å². The molecule has 0 radical (unpaired) electrons. The highest BCUT2D eigenvalue weighted by Crippen LogP contribution is 2.27. The summed E-state index contributed by atoms with van der Waals surface area (Å²) in [6.07, 6.45) is 0.767. The normalized spacial score (nSPS) is 11.1. The molecule has 2 aromatic heterocycles. The molecular weight excluding hydrogens is 234 g/mol. The standard InChI is InChI=1S/C13H15NO4/c1-4-8-5-6-9(17-8)12-14-10(7(2)3)11(18-12)13(15)16/h5-7H,4H2,1-3H3,(H,15,16). The van der Waals surface area contributed by atoms with E-state index in [1.165, 1.54) is 0 Å². The lowest BCUT2D eigenvalue weighted by Crippen LogP contribution is -2.01. The molecule has 18 heavy (non-hydrogen) atoms. The van der Waals surface area contributed by atoms with Crippen LogP contribution in [0.1, 0.15) is 48.7 Å². The topological polar surface area (TPSA) is 76.5 Å². The van der Waals surface area contributed by atoms with Gasteiger partial charge in [-0.2, -0.15) is 0 Å². The lowest BCUT2D eigenvalue weighted by atomic mass is 10.1. The van der Waals surface area contributed by atoms with Gasteiger partial charge in [-0.15, -0.1) is 0 Å². The first-order chi connectivity index (χ1) is 8.52. The van der Waals surface area contributed by atoms with Gasteiger partial charge in [0.25, 0.3) is 5.89 Å². The molecule has 0 atom stereocenters. The Hall–Kier alpha value is -2.04. The minimum atomic E-state index is -1.11. The number of aryl methyl sites for hydroxylation is 1. The summed E-state index contributed by atoms with van der Waals surface area (Å²) in [6, 6.07) is 3.56. The van der Waals surface area contributed by atoms with E-state index in [9.17, 15) is 4.79 Å². The smallest absolute Gasteiger partial charge is 0.373 e. The molecule has 96 valence electrons. The highest BCUT2D eigenvalue weighted by molar-refractivity contribution is 5.86. The van der Waals surface area contributed by atoms with Crippen molar-refractivity contribution in [3.8, 4) is 11.7 Å². The van der Waals surface area contributed by atoms with Crippen LogP contribution in [0.15, 0.2) is 21.0 Å². The molecule has 0 aliphatic heterocycles. The van der Waals surface area contributed by atoms with E-state index in [4.69, 9.17) is 13.9 Å². The van der Waals surface area contributed by atoms with Gasteiger partial charge in [0, 0.05) is 6.42 Å². The highest BCUT2D eigenvalue weighted by Gasteiger charge is 2.23. The molecule has 0 saturated heterocycles. The lowest BCUT2D eigenvalue weighted by molar-refractivity contribution is 0.0661. The van der Waals surface area contributed by atoms with Crippen molar-refractivity contribution >= 4 is 5.97 Å². The van der Waals surface area contributed by atoms with Gasteiger partial charge in [-0.3, -0.25) is 0 Å². The molecule has 1 N–H and O–H groups in total. The second-order valence-corrected chi connectivity index (χ2v) is 4.31. The quantitative estimate of drug-likeness (QED) is 0.899. The zero-order valence-electron chi connectivity index (χ0n) is 10.6. The maximum absolute atomic E-state index is 11.1. The summed E-state index contributed by atoms with van der Waals surface area (Å²) in [5.41, 5.74) is 0.437. The number of furan rings is 1. The number of nitrogens with zero attached hydrogens (tertiary/aromatic N) is 1. The van der Waals surface area contributed by atoms with Gasteiger partial charge < -0.3 is 13.9 Å². The Balaban J connectivity index is 2.46. The summed E-state index contributed by atoms with van der Waals surface area (Å²) >= 11 is 0. The van der Waals surface area contributed by atoms with Crippen molar-refractivity contribution in [2.75, 3.05) is 0 Å². The molecular formula is C13H15NO4. The molecule has 2 rings (SSSR count). The van der Waals surface area contributed by atoms with E-state index in [-0.39, 0.29) is 17.6 Å². The third kappa shape index (κ3) is 2.16. The van der Waals surface area contributed by atoms with Crippen molar-refractivity contribution in [1.29, 1.82) is 0 Å². The second kappa shape index (κ2) is 4.68. The SMILES string of the molecule is CCc1ccc(-c2nc(C(C)C)c(C(=O)O)o2)o1. The minimum Gasteiger partial charge on any atom is -0.475 e. The Bertz CT molecular complexity index is 565. The van der Waals surface area contributed by atoms with Gasteiger partial charge in [0.1, 0.15) is 5.76 Å². The third-order valence-corrected chi connectivity index (χ3v) is 2.62. The maximum Gasteiger partial charge on any atom is 0.373 e. The number of rotatable bonds is 4. The van der Waals surface area contributed by atoms with Crippen LogP contribution in [0, 0.1) is 0 Å². The van der Waals surface area contributed by atoms with Crippen molar-refractivity contribution < 1.29 is 18.7 Å². The van der Waals surface area contributed by atoms with Crippen molar-refractivity contribution in [1.82, 2.24) is 4.98 Å². The molecule has 0 aromatic carbocycles. The summed E-state index contributed by atoms with van der Waals surface area (Å²) in [6.45, 7) is 5.71. The predicted molar refractivity (Wildman–Crippen MR) is 64.6 cm³/mol. The summed E-state index contributed by atoms with van der Waals surface area (Å²) in [5.74, 6) is 0.242. The Kier molecular flexibility index (Phi) is 3.23. The van der Waals surface area contributed by atoms with Crippen molar-refractivity contribution in [2.45, 2.75) is 33.1 Å². The number of aromatic carboxylic acids is 1. The molecule has 0 aliphatic rings. The largest absolute Gasteiger partial charge is 0.475 e. The molecule has 0 fully saturated rings. The number of aromatic nitrogens is 1. The number of oxazole rings is 1. The van der Waals surface area contributed by atoms with E-state index < -0.39 is 5.97 Å². The van der Waals surface area contributed by atoms with Gasteiger partial charge in [0.15, 0.2) is 5.76 Å². The monoisotopic (exact) mass is 249 g/mol. The van der Waals surface area contributed by atoms with E-state index >= 15 is 0 Å². The third-order valence-electron chi connectivity index (χ3n) is 2.62. The fourth-order valence-electron chi connectivity index (χ4n) is 1.66. The summed E-state index contributed by atoms with van der Waals surface area (Å²) in [5, 5.41) is 9.06. The first kappa shape index (κ1) is 12.4. The van der Waals surface area contributed by atoms with Gasteiger partial charge in [-0.25, -0.2) is 9.78 Å². The van der Waals surface area contributed by atoms with Crippen molar-refractivity contribution in [2.24, 2.45) is 0 Å². The van der Waals surface area contributed by atoms with Gasteiger partial charge in [0.2, 0.25) is 5.76 Å². The van der Waals surface area contributed by atoms with Gasteiger partial charge in [-0.05, 0) is 18.1 Å². The molecule has 5 heteroatoms. The zero-order chi connectivity index (χ0) is 13.3. The second-order valence-electron chi connectivity index (χ2n) is 4.31. The number of carboxylic acid groups (broad SMARTS) is 1. The first-order valence-corrected chi connectivity index (χ1v) is 5.86. The van der Waals surface area contributed by atoms with Crippen molar-refractivity contribution in [3.05, 3.63) is 29.3 Å². The summed E-state index contributed by atoms with van der Waals surface area (Å²) in [7, 11) is 0. The summed E-state index contributed by atoms with van der Waals surface area (Å²) in [4.78, 5) is 15.3. The number of hydrogen-bond donors (Lipinski definition) is 1. The molecule has 0 spiro atoms. The van der Waals surface area contributed by atoms with Crippen LogP contribution in [-0.2, 0) is 6.42 Å². The fraction of sp³-hybridized carbons (Fsp3) is 0.385. The van der Waals surface area contributed by atoms with Crippen LogP contribution in [0.2, 0.25) is 0 Å². The van der Waals surface area contributed by atoms with Crippen LogP contribution in [0.5, 0.6) is 0 Å². The van der Waals surface area contributed by atoms with Gasteiger partial charge in [-0.1, -0.05) is 20.8 Å². The number of carbonyl (C=O) groups is 1. The van der Waals surface area contributed by atoms with E-state index in [1.54, 1.807) is 6.07 Å². The Morgan fingerprint density at radius 1 is 1.39 bits per heavy atom. The van der Waals surface area contributed by atoms with Crippen LogP contribution >= 0.6 is 0 Å². The van der Waals surface area contributed by atoms with E-state index in [2.05, 4.69) is 4.98 Å². The van der Waals surface area contributed by atoms with Crippen LogP contribution in [0.25, 0.3) is 11.7 Å². The van der Waals surface area contributed by atoms with Gasteiger partial charge >= 0.3 is 5.97 Å². The lowest BCUT2D eigenvalue weighted by Gasteiger charge is -1.98. The van der Waals surface area contributed by atoms with E-state index in [1.807, 2.05) is 26.8 Å². The molecule has 0 saturated carbocycles. The molecule has 2 aromatic rings. The average molecular weight is 249 g/mol. The number of carboxylic acids is 1. The first-order valence-electron chi connectivity index (χ1n) is 5.86. The molecule has 2 heterocycles. The Morgan fingerprint density at radius 3 is 2.56 bits per heavy atom. The van der Waals surface area contributed by atoms with Crippen LogP contribution in [0.4, 0.5) is 0 Å². The van der Waals surface area contributed by atoms with Crippen LogP contribution < -0.4 is 0 Å². The molecule has 0 aliphatic carbocycles. The zero-order valence-corrected chi connectivity index (χ0v) is 10.6. The highest BCUT2D eigenvalue weighted by atomic mass is 16.4. The van der Waals surface area contributed by atoms with E-state index in [0.29, 0.717) is 11.5 Å². The van der Waals surface area contributed by atoms with Crippen LogP contribution in [0.3, 0.4) is 0 Å². The Morgan fingerprint density at radius 2 is 2.11 bits per heavy atom. The Labute approximate surface area is 104 Å². The number of hydrogen-bond acceptors (Lipinski definition) is 4. The minimum absolute atomic E-state index is 0.0193. The molecule has 0 unspecified atom stereocenters. The van der Waals surface area contributed by atoms with Gasteiger partial charge in [0.05, 0.1) is 5.69 Å². The predicted octanol–water partition coefficient (Wildman–Crippen LogP) is 3.32. The van der Waals surface area contributed by atoms with E-state index in [0.717, 1.165) is 12.2 Å².